The van der Waals surface area contributed by atoms with Crippen LogP contribution in [0.15, 0.2) is 42.5 Å². The third-order valence-electron chi connectivity index (χ3n) is 2.17. The van der Waals surface area contributed by atoms with Crippen LogP contribution in [0.3, 0.4) is 0 Å². The van der Waals surface area contributed by atoms with Crippen molar-refractivity contribution in [1.29, 1.82) is 5.26 Å². The molecule has 0 saturated carbocycles. The summed E-state index contributed by atoms with van der Waals surface area (Å²) >= 11 is 4.85. The Morgan fingerprint density at radius 3 is 2.25 bits per heavy atom. The van der Waals surface area contributed by atoms with Crippen LogP contribution in [-0.4, -0.2) is 10.5 Å². The van der Waals surface area contributed by atoms with Crippen LogP contribution in [0.4, 0.5) is 8.78 Å². The molecule has 1 unspecified atom stereocenters. The van der Waals surface area contributed by atoms with Gasteiger partial charge in [-0.25, -0.2) is 0 Å². The van der Waals surface area contributed by atoms with Gasteiger partial charge in [-0.3, -0.25) is 0 Å². The second kappa shape index (κ2) is 4.20. The zero-order valence-electron chi connectivity index (χ0n) is 8.12. The molecule has 1 aromatic rings. The topological polar surface area (TPSA) is 44.0 Å². The highest BCUT2D eigenvalue weighted by molar-refractivity contribution is 6.22. The van der Waals surface area contributed by atoms with Crippen molar-refractivity contribution in [2.45, 2.75) is 11.0 Å². The SMILES string of the molecule is C=C(C#N)C(O)(c1ccccc1)C(F)(F)Cl. The normalized spacial score (nSPS) is 14.9. The first-order valence-corrected chi connectivity index (χ1v) is 4.66. The number of aliphatic hydroxyl groups is 1. The lowest BCUT2D eigenvalue weighted by molar-refractivity contribution is -0.104. The van der Waals surface area contributed by atoms with Gasteiger partial charge in [-0.15, -0.1) is 0 Å². The molecule has 1 atom stereocenters. The summed E-state index contributed by atoms with van der Waals surface area (Å²) in [6, 6.07) is 8.39. The number of hydrogen-bond donors (Lipinski definition) is 1. The van der Waals surface area contributed by atoms with E-state index in [0.29, 0.717) is 0 Å². The first kappa shape index (κ1) is 12.6. The van der Waals surface area contributed by atoms with Crippen LogP contribution in [0.25, 0.3) is 0 Å². The molecule has 0 aromatic heterocycles. The molecule has 1 N–H and O–H groups in total. The Labute approximate surface area is 96.4 Å². The summed E-state index contributed by atoms with van der Waals surface area (Å²) in [6.07, 6.45) is 0. The second-order valence-corrected chi connectivity index (χ2v) is 3.64. The van der Waals surface area contributed by atoms with Crippen molar-refractivity contribution < 1.29 is 13.9 Å². The van der Waals surface area contributed by atoms with Gasteiger partial charge in [-0.1, -0.05) is 36.9 Å². The van der Waals surface area contributed by atoms with Gasteiger partial charge in [0.25, 0.3) is 0 Å². The molecule has 0 saturated heterocycles. The molecule has 0 fully saturated rings. The molecule has 2 nitrogen and oxygen atoms in total. The summed E-state index contributed by atoms with van der Waals surface area (Å²) in [5.41, 5.74) is -3.77. The van der Waals surface area contributed by atoms with Crippen LogP contribution in [-0.2, 0) is 5.60 Å². The van der Waals surface area contributed by atoms with E-state index >= 15 is 0 Å². The minimum absolute atomic E-state index is 0.179. The highest BCUT2D eigenvalue weighted by Gasteiger charge is 2.55. The molecule has 0 spiro atoms. The third-order valence-corrected chi connectivity index (χ3v) is 2.45. The monoisotopic (exact) mass is 243 g/mol. The van der Waals surface area contributed by atoms with E-state index in [0.717, 1.165) is 0 Å². The van der Waals surface area contributed by atoms with Crippen LogP contribution in [0.1, 0.15) is 5.56 Å². The van der Waals surface area contributed by atoms with Gasteiger partial charge in [0.05, 0.1) is 11.6 Å². The van der Waals surface area contributed by atoms with Crippen molar-refractivity contribution in [3.63, 3.8) is 0 Å². The zero-order valence-corrected chi connectivity index (χ0v) is 8.88. The quantitative estimate of drug-likeness (QED) is 0.655. The number of hydrogen-bond acceptors (Lipinski definition) is 2. The summed E-state index contributed by atoms with van der Waals surface area (Å²) in [5.74, 6) is 0. The Bertz CT molecular complexity index is 436. The first-order chi connectivity index (χ1) is 7.34. The maximum Gasteiger partial charge on any atom is 0.358 e. The molecular weight excluding hydrogens is 236 g/mol. The van der Waals surface area contributed by atoms with Crippen molar-refractivity contribution in [2.75, 3.05) is 0 Å². The summed E-state index contributed by atoms with van der Waals surface area (Å²) in [7, 11) is 0. The van der Waals surface area contributed by atoms with E-state index in [4.69, 9.17) is 16.9 Å². The maximum atomic E-state index is 13.2. The predicted molar refractivity (Wildman–Crippen MR) is 55.9 cm³/mol. The van der Waals surface area contributed by atoms with Gasteiger partial charge in [0.1, 0.15) is 0 Å². The molecule has 1 aromatic carbocycles. The van der Waals surface area contributed by atoms with E-state index in [1.165, 1.54) is 30.3 Å². The average Bonchev–Trinajstić information content (AvgIpc) is 2.26. The Morgan fingerprint density at radius 1 is 1.38 bits per heavy atom. The molecule has 0 aliphatic carbocycles. The lowest BCUT2D eigenvalue weighted by Crippen LogP contribution is -2.42. The van der Waals surface area contributed by atoms with E-state index in [1.807, 2.05) is 0 Å². The number of halogens is 3. The molecule has 0 radical (unpaired) electrons. The predicted octanol–water partition coefficient (Wildman–Crippen LogP) is 2.79. The molecular formula is C11H8ClF2NO. The Kier molecular flexibility index (Phi) is 3.32. The zero-order chi connectivity index (χ0) is 12.4. The van der Waals surface area contributed by atoms with Gasteiger partial charge in [0, 0.05) is 0 Å². The van der Waals surface area contributed by atoms with Gasteiger partial charge >= 0.3 is 5.38 Å². The standard InChI is InChI=1S/C11H8ClF2NO/c1-8(7-15)10(16,11(12,13)14)9-5-3-2-4-6-9/h2-6,16H,1H2. The summed E-state index contributed by atoms with van der Waals surface area (Å²) in [6.45, 7) is 3.11. The van der Waals surface area contributed by atoms with Crippen molar-refractivity contribution in [1.82, 2.24) is 0 Å². The van der Waals surface area contributed by atoms with Crippen LogP contribution < -0.4 is 0 Å². The van der Waals surface area contributed by atoms with Crippen LogP contribution in [0, 0.1) is 11.3 Å². The number of nitriles is 1. The maximum absolute atomic E-state index is 13.2. The largest absolute Gasteiger partial charge is 0.373 e. The first-order valence-electron chi connectivity index (χ1n) is 4.28. The lowest BCUT2D eigenvalue weighted by atomic mass is 9.87. The van der Waals surface area contributed by atoms with Gasteiger partial charge in [-0.05, 0) is 17.2 Å². The molecule has 16 heavy (non-hydrogen) atoms. The molecule has 0 aliphatic heterocycles. The minimum atomic E-state index is -4.01. The van der Waals surface area contributed by atoms with E-state index < -0.39 is 16.6 Å². The fourth-order valence-electron chi connectivity index (χ4n) is 1.27. The fraction of sp³-hybridized carbons (Fsp3) is 0.182. The highest BCUT2D eigenvalue weighted by atomic mass is 35.5. The number of benzene rings is 1. The molecule has 0 bridgehead atoms. The van der Waals surface area contributed by atoms with Gasteiger partial charge in [0.15, 0.2) is 0 Å². The Morgan fingerprint density at radius 2 is 1.88 bits per heavy atom. The van der Waals surface area contributed by atoms with Gasteiger partial charge in [-0.2, -0.15) is 14.0 Å². The summed E-state index contributed by atoms with van der Waals surface area (Å²) < 4.78 is 26.4. The Hall–Kier alpha value is -1.44. The third kappa shape index (κ3) is 1.92. The molecule has 0 aliphatic rings. The number of nitrogens with zero attached hydrogens (tertiary/aromatic N) is 1. The lowest BCUT2D eigenvalue weighted by Gasteiger charge is -2.31. The number of rotatable bonds is 3. The molecule has 84 valence electrons. The molecule has 0 heterocycles. The van der Waals surface area contributed by atoms with Crippen molar-refractivity contribution >= 4 is 11.6 Å². The molecule has 1 rings (SSSR count). The van der Waals surface area contributed by atoms with E-state index in [1.54, 1.807) is 6.07 Å². The van der Waals surface area contributed by atoms with Crippen molar-refractivity contribution in [3.05, 3.63) is 48.0 Å². The van der Waals surface area contributed by atoms with Gasteiger partial charge < -0.3 is 5.11 Å². The highest BCUT2D eigenvalue weighted by Crippen LogP contribution is 2.45. The van der Waals surface area contributed by atoms with Crippen molar-refractivity contribution in [2.24, 2.45) is 0 Å². The number of alkyl halides is 3. The smallest absolute Gasteiger partial charge is 0.358 e. The summed E-state index contributed by atoms with van der Waals surface area (Å²) in [4.78, 5) is 0. The molecule has 0 amide bonds. The van der Waals surface area contributed by atoms with Crippen LogP contribution in [0.5, 0.6) is 0 Å². The molecule has 5 heteroatoms. The van der Waals surface area contributed by atoms with E-state index in [9.17, 15) is 13.9 Å². The van der Waals surface area contributed by atoms with Crippen molar-refractivity contribution in [3.8, 4) is 6.07 Å². The van der Waals surface area contributed by atoms with E-state index in [-0.39, 0.29) is 5.56 Å². The van der Waals surface area contributed by atoms with E-state index in [2.05, 4.69) is 6.58 Å². The average molecular weight is 244 g/mol. The Balaban J connectivity index is 3.40. The second-order valence-electron chi connectivity index (χ2n) is 3.16. The summed E-state index contributed by atoms with van der Waals surface area (Å²) in [5, 5.41) is 14.5. The fourth-order valence-corrected chi connectivity index (χ4v) is 1.49. The minimum Gasteiger partial charge on any atom is -0.373 e. The van der Waals surface area contributed by atoms with Crippen LogP contribution >= 0.6 is 11.6 Å². The van der Waals surface area contributed by atoms with Gasteiger partial charge in [0.2, 0.25) is 5.60 Å². The van der Waals surface area contributed by atoms with Crippen LogP contribution in [0.2, 0.25) is 0 Å².